The van der Waals surface area contributed by atoms with Crippen LogP contribution in [-0.2, 0) is 16.0 Å². The van der Waals surface area contributed by atoms with Crippen LogP contribution >= 0.6 is 11.3 Å². The number of nitrogens with one attached hydrogen (secondary N) is 1. The van der Waals surface area contributed by atoms with Crippen LogP contribution in [0.25, 0.3) is 0 Å². The van der Waals surface area contributed by atoms with Gasteiger partial charge in [-0.15, -0.1) is 11.3 Å². The molecule has 0 aromatic carbocycles. The minimum absolute atomic E-state index is 0.0555. The lowest BCUT2D eigenvalue weighted by atomic mass is 10.1. The van der Waals surface area contributed by atoms with E-state index in [-0.39, 0.29) is 5.91 Å². The Labute approximate surface area is 98.3 Å². The predicted molar refractivity (Wildman–Crippen MR) is 62.4 cm³/mol. The summed E-state index contributed by atoms with van der Waals surface area (Å²) in [5, 5.41) is 13.3. The summed E-state index contributed by atoms with van der Waals surface area (Å²) in [6, 6.07) is 3.81. The van der Waals surface area contributed by atoms with E-state index in [9.17, 15) is 9.59 Å². The highest BCUT2D eigenvalue weighted by Crippen LogP contribution is 2.08. The van der Waals surface area contributed by atoms with Crippen molar-refractivity contribution in [2.75, 3.05) is 6.54 Å². The number of hydrogen-bond acceptors (Lipinski definition) is 3. The summed E-state index contributed by atoms with van der Waals surface area (Å²) >= 11 is 1.54. The summed E-state index contributed by atoms with van der Waals surface area (Å²) in [6.45, 7) is 2.05. The van der Waals surface area contributed by atoms with E-state index in [0.29, 0.717) is 19.4 Å². The molecule has 1 aromatic rings. The molecule has 1 unspecified atom stereocenters. The van der Waals surface area contributed by atoms with Crippen LogP contribution in [0.2, 0.25) is 0 Å². The van der Waals surface area contributed by atoms with Crippen molar-refractivity contribution in [2.24, 2.45) is 5.92 Å². The molecule has 1 heterocycles. The van der Waals surface area contributed by atoms with Crippen molar-refractivity contribution in [1.82, 2.24) is 5.32 Å². The number of carbonyl (C=O) groups excluding carboxylic acids is 1. The van der Waals surface area contributed by atoms with Gasteiger partial charge in [-0.3, -0.25) is 9.59 Å². The van der Waals surface area contributed by atoms with Gasteiger partial charge in [0.1, 0.15) is 0 Å². The smallest absolute Gasteiger partial charge is 0.306 e. The minimum Gasteiger partial charge on any atom is -0.481 e. The van der Waals surface area contributed by atoms with Gasteiger partial charge in [0.15, 0.2) is 0 Å². The molecule has 1 amide bonds. The zero-order valence-corrected chi connectivity index (χ0v) is 9.92. The lowest BCUT2D eigenvalue weighted by Crippen LogP contribution is -2.28. The Morgan fingerprint density at radius 2 is 2.31 bits per heavy atom. The van der Waals surface area contributed by atoms with Gasteiger partial charge in [-0.05, 0) is 17.9 Å². The third-order valence-corrected chi connectivity index (χ3v) is 3.11. The van der Waals surface area contributed by atoms with Crippen molar-refractivity contribution in [3.8, 4) is 0 Å². The Hall–Kier alpha value is -1.36. The summed E-state index contributed by atoms with van der Waals surface area (Å²) in [6.07, 6.45) is 0.838. The minimum atomic E-state index is -0.826. The second kappa shape index (κ2) is 6.27. The van der Waals surface area contributed by atoms with Crippen LogP contribution in [0.5, 0.6) is 0 Å². The van der Waals surface area contributed by atoms with Crippen LogP contribution in [-0.4, -0.2) is 23.5 Å². The molecule has 0 saturated carbocycles. The topological polar surface area (TPSA) is 66.4 Å². The number of carbonyl (C=O) groups is 2. The van der Waals surface area contributed by atoms with Crippen LogP contribution in [0.15, 0.2) is 17.5 Å². The fourth-order valence-electron chi connectivity index (χ4n) is 1.19. The molecule has 0 aliphatic rings. The number of carboxylic acids is 1. The molecule has 1 atom stereocenters. The highest BCUT2D eigenvalue weighted by Gasteiger charge is 2.11. The van der Waals surface area contributed by atoms with Gasteiger partial charge in [-0.1, -0.05) is 13.0 Å². The van der Waals surface area contributed by atoms with E-state index in [1.54, 1.807) is 18.3 Å². The van der Waals surface area contributed by atoms with Crippen molar-refractivity contribution < 1.29 is 14.7 Å². The fourth-order valence-corrected chi connectivity index (χ4v) is 1.89. The van der Waals surface area contributed by atoms with Crippen LogP contribution in [0.3, 0.4) is 0 Å². The maximum Gasteiger partial charge on any atom is 0.306 e. The zero-order valence-electron chi connectivity index (χ0n) is 9.10. The number of rotatable bonds is 6. The van der Waals surface area contributed by atoms with Gasteiger partial charge in [0.25, 0.3) is 0 Å². The average Bonchev–Trinajstić information content (AvgIpc) is 2.70. The van der Waals surface area contributed by atoms with Gasteiger partial charge in [-0.2, -0.15) is 0 Å². The molecule has 0 aliphatic carbocycles. The van der Waals surface area contributed by atoms with Crippen molar-refractivity contribution >= 4 is 23.2 Å². The molecule has 0 aliphatic heterocycles. The van der Waals surface area contributed by atoms with Crippen molar-refractivity contribution in [2.45, 2.75) is 19.8 Å². The van der Waals surface area contributed by atoms with Crippen LogP contribution in [0, 0.1) is 5.92 Å². The van der Waals surface area contributed by atoms with E-state index in [1.165, 1.54) is 0 Å². The first kappa shape index (κ1) is 12.7. The van der Waals surface area contributed by atoms with E-state index in [1.807, 2.05) is 17.5 Å². The van der Waals surface area contributed by atoms with Crippen molar-refractivity contribution in [3.63, 3.8) is 0 Å². The van der Waals surface area contributed by atoms with Crippen molar-refractivity contribution in [3.05, 3.63) is 22.4 Å². The van der Waals surface area contributed by atoms with Crippen LogP contribution in [0.4, 0.5) is 0 Å². The largest absolute Gasteiger partial charge is 0.481 e. The molecule has 88 valence electrons. The second-order valence-corrected chi connectivity index (χ2v) is 4.67. The van der Waals surface area contributed by atoms with Gasteiger partial charge in [0, 0.05) is 11.4 Å². The number of amides is 1. The summed E-state index contributed by atoms with van der Waals surface area (Å²) in [5.74, 6) is -1.30. The van der Waals surface area contributed by atoms with E-state index in [0.717, 1.165) is 4.88 Å². The van der Waals surface area contributed by atoms with E-state index >= 15 is 0 Å². The maximum absolute atomic E-state index is 11.4. The highest BCUT2D eigenvalue weighted by atomic mass is 32.1. The average molecular weight is 241 g/mol. The van der Waals surface area contributed by atoms with E-state index in [4.69, 9.17) is 5.11 Å². The van der Waals surface area contributed by atoms with Crippen LogP contribution < -0.4 is 5.32 Å². The molecule has 0 saturated heterocycles. The second-order valence-electron chi connectivity index (χ2n) is 3.63. The number of aliphatic carboxylic acids is 1. The molecule has 0 radical (unpaired) electrons. The Bertz CT molecular complexity index is 348. The summed E-state index contributed by atoms with van der Waals surface area (Å²) in [5.41, 5.74) is 0. The first-order valence-corrected chi connectivity index (χ1v) is 5.99. The molecule has 5 heteroatoms. The molecule has 2 N–H and O–H groups in total. The quantitative estimate of drug-likeness (QED) is 0.793. The highest BCUT2D eigenvalue weighted by molar-refractivity contribution is 7.10. The van der Waals surface area contributed by atoms with Gasteiger partial charge >= 0.3 is 5.97 Å². The molecule has 16 heavy (non-hydrogen) atoms. The summed E-state index contributed by atoms with van der Waals surface area (Å²) < 4.78 is 0. The zero-order chi connectivity index (χ0) is 12.0. The van der Waals surface area contributed by atoms with Gasteiger partial charge in [0.2, 0.25) is 5.91 Å². The lowest BCUT2D eigenvalue weighted by molar-refractivity contribution is -0.141. The number of carboxylic acid groups (broad SMARTS) is 1. The Kier molecular flexibility index (Phi) is 4.98. The standard InChI is InChI=1S/C11H15NO3S/c1-8(11(14)15)4-5-12-10(13)7-9-3-2-6-16-9/h2-3,6,8H,4-5,7H2,1H3,(H,12,13)(H,14,15). The van der Waals surface area contributed by atoms with E-state index in [2.05, 4.69) is 5.32 Å². The van der Waals surface area contributed by atoms with Crippen LogP contribution in [0.1, 0.15) is 18.2 Å². The Morgan fingerprint density at radius 3 is 2.88 bits per heavy atom. The number of hydrogen-bond donors (Lipinski definition) is 2. The number of thiophene rings is 1. The molecular formula is C11H15NO3S. The van der Waals surface area contributed by atoms with Gasteiger partial charge in [0.05, 0.1) is 12.3 Å². The first-order chi connectivity index (χ1) is 7.59. The first-order valence-electron chi connectivity index (χ1n) is 5.11. The lowest BCUT2D eigenvalue weighted by Gasteiger charge is -2.07. The molecule has 0 spiro atoms. The van der Waals surface area contributed by atoms with Gasteiger partial charge in [-0.25, -0.2) is 0 Å². The molecule has 1 rings (SSSR count). The molecule has 0 bridgehead atoms. The summed E-state index contributed by atoms with van der Waals surface area (Å²) in [7, 11) is 0. The third kappa shape index (κ3) is 4.44. The Morgan fingerprint density at radius 1 is 1.56 bits per heavy atom. The monoisotopic (exact) mass is 241 g/mol. The van der Waals surface area contributed by atoms with Gasteiger partial charge < -0.3 is 10.4 Å². The SMILES string of the molecule is CC(CCNC(=O)Cc1cccs1)C(=O)O. The third-order valence-electron chi connectivity index (χ3n) is 2.24. The Balaban J connectivity index is 2.18. The molecule has 1 aromatic heterocycles. The summed E-state index contributed by atoms with van der Waals surface area (Å²) in [4.78, 5) is 22.9. The molecular weight excluding hydrogens is 226 g/mol. The van der Waals surface area contributed by atoms with Crippen molar-refractivity contribution in [1.29, 1.82) is 0 Å². The maximum atomic E-state index is 11.4. The fraction of sp³-hybridized carbons (Fsp3) is 0.455. The molecule has 0 fully saturated rings. The normalized spacial score (nSPS) is 12.1. The predicted octanol–water partition coefficient (Wildman–Crippen LogP) is 1.52. The molecule has 4 nitrogen and oxygen atoms in total. The van der Waals surface area contributed by atoms with E-state index < -0.39 is 11.9 Å².